The molecule has 0 spiro atoms. The molecule has 0 amide bonds. The molecule has 0 heterocycles. The monoisotopic (exact) mass is 418 g/mol. The van der Waals surface area contributed by atoms with Crippen molar-refractivity contribution in [2.24, 2.45) is 40.4 Å². The van der Waals surface area contributed by atoms with Crippen molar-refractivity contribution < 1.29 is 15.3 Å². The Morgan fingerprint density at radius 3 is 2.50 bits per heavy atom. The van der Waals surface area contributed by atoms with E-state index in [2.05, 4.69) is 26.8 Å². The van der Waals surface area contributed by atoms with Crippen LogP contribution >= 0.6 is 0 Å². The molecule has 4 aliphatic carbocycles. The molecule has 3 fully saturated rings. The Morgan fingerprint density at radius 2 is 1.80 bits per heavy atom. The van der Waals surface area contributed by atoms with Crippen molar-refractivity contribution in [3.8, 4) is 0 Å². The van der Waals surface area contributed by atoms with Gasteiger partial charge >= 0.3 is 0 Å². The Kier molecular flexibility index (Phi) is 5.99. The average Bonchev–Trinajstić information content (AvgIpc) is 2.99. The minimum Gasteiger partial charge on any atom is -0.393 e. The lowest BCUT2D eigenvalue weighted by Crippen LogP contribution is -2.54. The van der Waals surface area contributed by atoms with Crippen LogP contribution in [0, 0.1) is 40.4 Å². The molecule has 3 nitrogen and oxygen atoms in total. The van der Waals surface area contributed by atoms with Crippen molar-refractivity contribution in [2.45, 2.75) is 117 Å². The summed E-state index contributed by atoms with van der Waals surface area (Å²) in [5.74, 6) is 3.01. The highest BCUT2D eigenvalue weighted by atomic mass is 16.3. The van der Waals surface area contributed by atoms with Crippen LogP contribution in [0.3, 0.4) is 0 Å². The Morgan fingerprint density at radius 1 is 1.07 bits per heavy atom. The van der Waals surface area contributed by atoms with Crippen LogP contribution in [0.1, 0.15) is 98.8 Å². The van der Waals surface area contributed by atoms with Gasteiger partial charge in [-0.25, -0.2) is 0 Å². The van der Waals surface area contributed by atoms with E-state index >= 15 is 0 Å². The molecule has 0 radical (unpaired) electrons. The molecule has 0 bridgehead atoms. The number of aliphatic hydroxyl groups is 3. The van der Waals surface area contributed by atoms with Crippen LogP contribution in [0.25, 0.3) is 0 Å². The number of rotatable bonds is 5. The van der Waals surface area contributed by atoms with Gasteiger partial charge < -0.3 is 15.3 Å². The summed E-state index contributed by atoms with van der Waals surface area (Å²) in [6, 6.07) is 0. The van der Waals surface area contributed by atoms with Crippen molar-refractivity contribution in [1.82, 2.24) is 0 Å². The highest BCUT2D eigenvalue weighted by Crippen LogP contribution is 2.67. The van der Waals surface area contributed by atoms with Crippen LogP contribution < -0.4 is 0 Å². The second kappa shape index (κ2) is 7.89. The van der Waals surface area contributed by atoms with E-state index in [1.165, 1.54) is 37.7 Å². The molecule has 30 heavy (non-hydrogen) atoms. The molecule has 0 saturated heterocycles. The maximum atomic E-state index is 11.3. The smallest absolute Gasteiger partial charge is 0.0757 e. The summed E-state index contributed by atoms with van der Waals surface area (Å²) in [5.41, 5.74) is 1.31. The lowest BCUT2D eigenvalue weighted by Gasteiger charge is -2.59. The van der Waals surface area contributed by atoms with Gasteiger partial charge in [-0.1, -0.05) is 45.3 Å². The Labute approximate surface area is 184 Å². The quantitative estimate of drug-likeness (QED) is 0.519. The molecule has 0 aromatic carbocycles. The normalized spacial score (nSPS) is 47.1. The fourth-order valence-electron chi connectivity index (χ4n) is 8.66. The van der Waals surface area contributed by atoms with E-state index < -0.39 is 5.60 Å². The third kappa shape index (κ3) is 3.82. The minimum atomic E-state index is -0.556. The molecule has 2 unspecified atom stereocenters. The third-order valence-electron chi connectivity index (χ3n) is 10.3. The van der Waals surface area contributed by atoms with Gasteiger partial charge in [-0.05, 0) is 106 Å². The second-order valence-corrected chi connectivity index (χ2v) is 12.7. The molecule has 172 valence electrons. The van der Waals surface area contributed by atoms with Gasteiger partial charge in [0.2, 0.25) is 0 Å². The fraction of sp³-hybridized carbons (Fsp3) is 0.926. The van der Waals surface area contributed by atoms with Gasteiger partial charge in [0.25, 0.3) is 0 Å². The molecule has 0 aliphatic heterocycles. The van der Waals surface area contributed by atoms with E-state index in [0.29, 0.717) is 29.1 Å². The first-order chi connectivity index (χ1) is 14.0. The molecule has 3 N–H and O–H groups in total. The van der Waals surface area contributed by atoms with Gasteiger partial charge in [-0.15, -0.1) is 0 Å². The van der Waals surface area contributed by atoms with E-state index in [1.54, 1.807) is 0 Å². The van der Waals surface area contributed by atoms with Crippen molar-refractivity contribution in [3.63, 3.8) is 0 Å². The number of fused-ring (bicyclic) bond motifs is 5. The lowest BCUT2D eigenvalue weighted by molar-refractivity contribution is -0.0971. The van der Waals surface area contributed by atoms with Gasteiger partial charge in [0.15, 0.2) is 0 Å². The molecule has 3 heteroatoms. The maximum Gasteiger partial charge on any atom is 0.0757 e. The van der Waals surface area contributed by atoms with E-state index in [1.807, 2.05) is 13.8 Å². The Hall–Kier alpha value is -0.380. The van der Waals surface area contributed by atoms with E-state index in [0.717, 1.165) is 38.0 Å². The van der Waals surface area contributed by atoms with Gasteiger partial charge in [0, 0.05) is 0 Å². The summed E-state index contributed by atoms with van der Waals surface area (Å²) >= 11 is 0. The first-order valence-electron chi connectivity index (χ1n) is 12.8. The summed E-state index contributed by atoms with van der Waals surface area (Å²) in [6.45, 7) is 11.2. The largest absolute Gasteiger partial charge is 0.393 e. The summed E-state index contributed by atoms with van der Waals surface area (Å²) in [5, 5.41) is 31.6. The topological polar surface area (TPSA) is 60.7 Å². The average molecular weight is 419 g/mol. The zero-order valence-electron chi connectivity index (χ0n) is 20.0. The zero-order valence-corrected chi connectivity index (χ0v) is 20.0. The van der Waals surface area contributed by atoms with Crippen LogP contribution in [0.2, 0.25) is 0 Å². The highest BCUT2D eigenvalue weighted by Gasteiger charge is 2.61. The molecular weight excluding hydrogens is 372 g/mol. The van der Waals surface area contributed by atoms with Gasteiger partial charge in [-0.3, -0.25) is 0 Å². The predicted octanol–water partition coefficient (Wildman–Crippen LogP) is 5.47. The van der Waals surface area contributed by atoms with E-state index in [4.69, 9.17) is 0 Å². The SMILES string of the molecule is CC(CCCC(C)(C)O)[C@H]1CC[C@H]2[C@@H]3C(O)C=C4C[C@@H](O)CC[C@]4(C)[C@H]3CC[C@]12C. The molecular formula is C27H46O3. The highest BCUT2D eigenvalue weighted by molar-refractivity contribution is 5.27. The maximum absolute atomic E-state index is 11.3. The fourth-order valence-corrected chi connectivity index (χ4v) is 8.66. The van der Waals surface area contributed by atoms with Crippen LogP contribution in [-0.4, -0.2) is 33.1 Å². The molecule has 9 atom stereocenters. The van der Waals surface area contributed by atoms with Gasteiger partial charge in [-0.2, -0.15) is 0 Å². The van der Waals surface area contributed by atoms with Gasteiger partial charge in [0.05, 0.1) is 17.8 Å². The molecule has 4 rings (SSSR count). The Bertz CT molecular complexity index is 664. The Balaban J connectivity index is 1.52. The van der Waals surface area contributed by atoms with Crippen LogP contribution in [0.5, 0.6) is 0 Å². The molecule has 0 aromatic heterocycles. The van der Waals surface area contributed by atoms with Gasteiger partial charge in [0.1, 0.15) is 0 Å². The van der Waals surface area contributed by atoms with Crippen molar-refractivity contribution in [2.75, 3.05) is 0 Å². The number of aliphatic hydroxyl groups excluding tert-OH is 2. The summed E-state index contributed by atoms with van der Waals surface area (Å²) < 4.78 is 0. The number of hydrogen-bond donors (Lipinski definition) is 3. The first kappa shape index (κ1) is 22.8. The van der Waals surface area contributed by atoms with Crippen molar-refractivity contribution >= 4 is 0 Å². The van der Waals surface area contributed by atoms with Crippen LogP contribution in [0.15, 0.2) is 11.6 Å². The standard InChI is InChI=1S/C27H46O3/c1-17(7-6-12-25(2,3)30)20-8-9-21-24-22(11-14-27(20,21)5)26(4)13-10-19(28)15-18(26)16-23(24)29/h16-17,19-24,28-30H,6-15H2,1-5H3/t17?,19-,20+,21-,22-,23?,24-,26-,27+/m0/s1. The second-order valence-electron chi connectivity index (χ2n) is 12.7. The predicted molar refractivity (Wildman–Crippen MR) is 122 cm³/mol. The summed E-state index contributed by atoms with van der Waals surface area (Å²) in [7, 11) is 0. The van der Waals surface area contributed by atoms with Crippen molar-refractivity contribution in [3.05, 3.63) is 11.6 Å². The summed E-state index contributed by atoms with van der Waals surface area (Å²) in [4.78, 5) is 0. The van der Waals surface area contributed by atoms with Crippen LogP contribution in [-0.2, 0) is 0 Å². The third-order valence-corrected chi connectivity index (χ3v) is 10.3. The van der Waals surface area contributed by atoms with E-state index in [-0.39, 0.29) is 17.6 Å². The molecule has 0 aromatic rings. The van der Waals surface area contributed by atoms with E-state index in [9.17, 15) is 15.3 Å². The minimum absolute atomic E-state index is 0.181. The summed E-state index contributed by atoms with van der Waals surface area (Å²) in [6.07, 6.45) is 12.6. The zero-order chi connectivity index (χ0) is 21.9. The van der Waals surface area contributed by atoms with Crippen LogP contribution in [0.4, 0.5) is 0 Å². The van der Waals surface area contributed by atoms with Crippen molar-refractivity contribution in [1.29, 1.82) is 0 Å². The molecule has 3 saturated carbocycles. The molecule has 4 aliphatic rings. The first-order valence-corrected chi connectivity index (χ1v) is 12.8. The number of hydrogen-bond acceptors (Lipinski definition) is 3. The lowest BCUT2D eigenvalue weighted by atomic mass is 9.46.